The summed E-state index contributed by atoms with van der Waals surface area (Å²) in [6, 6.07) is 1.88. The third-order valence-electron chi connectivity index (χ3n) is 3.82. The Morgan fingerprint density at radius 3 is 2.45 bits per heavy atom. The highest BCUT2D eigenvalue weighted by Gasteiger charge is 2.33. The van der Waals surface area contributed by atoms with E-state index in [2.05, 4.69) is 11.8 Å². The predicted molar refractivity (Wildman–Crippen MR) is 70.5 cm³/mol. The summed E-state index contributed by atoms with van der Waals surface area (Å²) in [6.07, 6.45) is 1.50. The predicted octanol–water partition coefficient (Wildman–Crippen LogP) is 3.94. The average molecular weight is 282 g/mol. The van der Waals surface area contributed by atoms with Crippen LogP contribution in [0, 0.1) is 17.2 Å². The van der Waals surface area contributed by atoms with Crippen molar-refractivity contribution in [3.8, 4) is 6.07 Å². The lowest BCUT2D eigenvalue weighted by molar-refractivity contribution is -0.0882. The van der Waals surface area contributed by atoms with E-state index in [1.807, 2.05) is 6.07 Å². The van der Waals surface area contributed by atoms with Gasteiger partial charge in [-0.15, -0.1) is 0 Å². The van der Waals surface area contributed by atoms with Crippen molar-refractivity contribution >= 4 is 0 Å². The Morgan fingerprint density at radius 2 is 1.90 bits per heavy atom. The van der Waals surface area contributed by atoms with E-state index >= 15 is 0 Å². The van der Waals surface area contributed by atoms with Gasteiger partial charge in [-0.3, -0.25) is 0 Å². The Morgan fingerprint density at radius 1 is 1.25 bits per heavy atom. The van der Waals surface area contributed by atoms with Crippen molar-refractivity contribution in [1.82, 2.24) is 4.90 Å². The largest absolute Gasteiger partial charge is 0.416 e. The smallest absolute Gasteiger partial charge is 0.375 e. The Labute approximate surface area is 116 Å². The van der Waals surface area contributed by atoms with Gasteiger partial charge in [-0.25, -0.2) is 0 Å². The molecule has 2 rings (SSSR count). The van der Waals surface area contributed by atoms with Crippen molar-refractivity contribution in [3.63, 3.8) is 0 Å². The highest BCUT2D eigenvalue weighted by molar-refractivity contribution is 5.42. The lowest BCUT2D eigenvalue weighted by Crippen LogP contribution is -2.32. The summed E-state index contributed by atoms with van der Waals surface area (Å²) in [4.78, 5) is 2.10. The van der Waals surface area contributed by atoms with Crippen molar-refractivity contribution in [2.45, 2.75) is 32.4 Å². The van der Waals surface area contributed by atoms with Crippen LogP contribution < -0.4 is 0 Å². The number of nitriles is 1. The zero-order chi connectivity index (χ0) is 14.8. The second-order valence-electron chi connectivity index (χ2n) is 5.41. The van der Waals surface area contributed by atoms with Crippen LogP contribution in [0.2, 0.25) is 0 Å². The minimum Gasteiger partial charge on any atom is -0.375 e. The van der Waals surface area contributed by atoms with Gasteiger partial charge in [-0.1, -0.05) is 6.92 Å². The summed E-state index contributed by atoms with van der Waals surface area (Å²) in [6.45, 7) is 3.88. The topological polar surface area (TPSA) is 27.0 Å². The molecule has 0 atom stereocenters. The number of alkyl halides is 3. The molecule has 1 saturated heterocycles. The average Bonchev–Trinajstić information content (AvgIpc) is 2.61. The van der Waals surface area contributed by atoms with Crippen LogP contribution in [-0.2, 0) is 0 Å². The summed E-state index contributed by atoms with van der Waals surface area (Å²) < 4.78 is 38.4. The molecule has 1 aliphatic heterocycles. The van der Waals surface area contributed by atoms with Gasteiger partial charge in [0, 0.05) is 30.8 Å². The first-order chi connectivity index (χ1) is 9.40. The van der Waals surface area contributed by atoms with Crippen molar-refractivity contribution < 1.29 is 13.2 Å². The van der Waals surface area contributed by atoms with Crippen LogP contribution in [0.15, 0.2) is 35.1 Å². The molecule has 0 bridgehead atoms. The molecule has 108 valence electrons. The minimum atomic E-state index is -4.41. The van der Waals surface area contributed by atoms with Gasteiger partial charge in [0.1, 0.15) is 0 Å². The fourth-order valence-electron chi connectivity index (χ4n) is 2.49. The second-order valence-corrected chi connectivity index (χ2v) is 5.41. The van der Waals surface area contributed by atoms with Gasteiger partial charge in [0.25, 0.3) is 0 Å². The van der Waals surface area contributed by atoms with Gasteiger partial charge >= 0.3 is 6.18 Å². The molecule has 2 nitrogen and oxygen atoms in total. The highest BCUT2D eigenvalue weighted by atomic mass is 19.4. The lowest BCUT2D eigenvalue weighted by atomic mass is 9.98. The van der Waals surface area contributed by atoms with Crippen molar-refractivity contribution in [1.29, 1.82) is 5.26 Å². The molecule has 0 amide bonds. The maximum Gasteiger partial charge on any atom is 0.416 e. The van der Waals surface area contributed by atoms with Crippen LogP contribution in [0.25, 0.3) is 0 Å². The number of likely N-dealkylation sites (tertiary alicyclic amines) is 1. The van der Waals surface area contributed by atoms with Crippen molar-refractivity contribution in [3.05, 3.63) is 35.1 Å². The quantitative estimate of drug-likeness (QED) is 0.728. The third-order valence-corrected chi connectivity index (χ3v) is 3.82. The highest BCUT2D eigenvalue weighted by Crippen LogP contribution is 2.32. The molecule has 0 radical (unpaired) electrons. The zero-order valence-corrected chi connectivity index (χ0v) is 11.4. The molecular formula is C15H17F3N2. The lowest BCUT2D eigenvalue weighted by Gasteiger charge is -2.33. The maximum atomic E-state index is 12.8. The molecule has 2 aliphatic rings. The van der Waals surface area contributed by atoms with Crippen LogP contribution in [0.1, 0.15) is 26.2 Å². The molecule has 0 spiro atoms. The molecule has 1 aliphatic carbocycles. The Bertz CT molecular complexity index is 498. The van der Waals surface area contributed by atoms with E-state index in [-0.39, 0.29) is 12.0 Å². The SMILES string of the molecule is CC1CCN(C2=CC=C(C(F)(F)F)C=C(C#N)C2)CC1. The van der Waals surface area contributed by atoms with Crippen LogP contribution >= 0.6 is 0 Å². The summed E-state index contributed by atoms with van der Waals surface area (Å²) in [5.41, 5.74) is 0.217. The Kier molecular flexibility index (Phi) is 4.22. The van der Waals surface area contributed by atoms with Gasteiger partial charge in [0.05, 0.1) is 11.6 Å². The van der Waals surface area contributed by atoms with Crippen LogP contribution in [0.3, 0.4) is 0 Å². The van der Waals surface area contributed by atoms with Gasteiger partial charge in [0.15, 0.2) is 0 Å². The molecular weight excluding hydrogens is 265 g/mol. The zero-order valence-electron chi connectivity index (χ0n) is 11.4. The summed E-state index contributed by atoms with van der Waals surface area (Å²) >= 11 is 0. The summed E-state index contributed by atoms with van der Waals surface area (Å²) in [5, 5.41) is 9.00. The van der Waals surface area contributed by atoms with E-state index in [9.17, 15) is 13.2 Å². The van der Waals surface area contributed by atoms with Crippen LogP contribution in [0.4, 0.5) is 13.2 Å². The monoisotopic (exact) mass is 282 g/mol. The first-order valence-electron chi connectivity index (χ1n) is 6.74. The fourth-order valence-corrected chi connectivity index (χ4v) is 2.49. The Balaban J connectivity index is 2.24. The number of halogens is 3. The van der Waals surface area contributed by atoms with E-state index in [0.717, 1.165) is 43.8 Å². The molecule has 0 aromatic rings. The first kappa shape index (κ1) is 14.7. The van der Waals surface area contributed by atoms with Crippen LogP contribution in [0.5, 0.6) is 0 Å². The number of hydrogen-bond donors (Lipinski definition) is 0. The summed E-state index contributed by atoms with van der Waals surface area (Å²) in [5.74, 6) is 0.657. The normalized spacial score (nSPS) is 21.6. The molecule has 0 aromatic heterocycles. The van der Waals surface area contributed by atoms with E-state index in [4.69, 9.17) is 5.26 Å². The molecule has 0 saturated carbocycles. The molecule has 0 unspecified atom stereocenters. The number of allylic oxidation sites excluding steroid dienone is 5. The molecule has 0 N–H and O–H groups in total. The van der Waals surface area contributed by atoms with Gasteiger partial charge in [-0.2, -0.15) is 18.4 Å². The first-order valence-corrected chi connectivity index (χ1v) is 6.74. The van der Waals surface area contributed by atoms with Gasteiger partial charge in [0.2, 0.25) is 0 Å². The van der Waals surface area contributed by atoms with E-state index in [1.54, 1.807) is 0 Å². The number of nitrogens with zero attached hydrogens (tertiary/aromatic N) is 2. The third kappa shape index (κ3) is 3.44. The molecule has 0 aromatic carbocycles. The van der Waals surface area contributed by atoms with Crippen molar-refractivity contribution in [2.24, 2.45) is 5.92 Å². The van der Waals surface area contributed by atoms with E-state index < -0.39 is 11.7 Å². The maximum absolute atomic E-state index is 12.8. The second kappa shape index (κ2) is 5.74. The van der Waals surface area contributed by atoms with E-state index in [1.165, 1.54) is 6.08 Å². The van der Waals surface area contributed by atoms with Gasteiger partial charge < -0.3 is 4.90 Å². The fraction of sp³-hybridized carbons (Fsp3) is 0.533. The number of hydrogen-bond acceptors (Lipinski definition) is 2. The molecule has 1 heterocycles. The number of piperidine rings is 1. The molecule has 20 heavy (non-hydrogen) atoms. The van der Waals surface area contributed by atoms with E-state index in [0.29, 0.717) is 5.92 Å². The van der Waals surface area contributed by atoms with Gasteiger partial charge in [-0.05, 0) is 37.0 Å². The molecule has 5 heteroatoms. The summed E-state index contributed by atoms with van der Waals surface area (Å²) in [7, 11) is 0. The minimum absolute atomic E-state index is 0.163. The standard InChI is InChI=1S/C15H17F3N2/c1-11-4-6-20(7-5-11)14-3-2-13(15(16,17)18)8-12(9-14)10-19/h2-3,8,11H,4-7,9H2,1H3. The van der Waals surface area contributed by atoms with Crippen molar-refractivity contribution in [2.75, 3.05) is 13.1 Å². The Hall–Kier alpha value is -1.70. The molecule has 1 fully saturated rings. The van der Waals surface area contributed by atoms with Crippen LogP contribution in [-0.4, -0.2) is 24.2 Å². The number of rotatable bonds is 1.